The first-order valence-corrected chi connectivity index (χ1v) is 8.50. The number of hydrogen-bond acceptors (Lipinski definition) is 3. The maximum atomic E-state index is 12.5. The van der Waals surface area contributed by atoms with Crippen LogP contribution in [-0.4, -0.2) is 23.6 Å². The van der Waals surface area contributed by atoms with Crippen LogP contribution in [0.4, 0.5) is 5.95 Å². The summed E-state index contributed by atoms with van der Waals surface area (Å²) in [5.41, 5.74) is 6.11. The number of benzene rings is 1. The molecule has 1 heterocycles. The maximum Gasteiger partial charge on any atom is 0.255 e. The van der Waals surface area contributed by atoms with Crippen molar-refractivity contribution in [1.82, 2.24) is 9.97 Å². The van der Waals surface area contributed by atoms with Crippen molar-refractivity contribution in [1.29, 1.82) is 0 Å². The highest BCUT2D eigenvalue weighted by atomic mass is 16.1. The van der Waals surface area contributed by atoms with Gasteiger partial charge in [-0.1, -0.05) is 31.5 Å². The molecule has 0 saturated heterocycles. The van der Waals surface area contributed by atoms with Crippen LogP contribution >= 0.6 is 0 Å². The summed E-state index contributed by atoms with van der Waals surface area (Å²) in [7, 11) is 1.94. The molecule has 0 atom stereocenters. The molecule has 1 N–H and O–H groups in total. The number of aryl methyl sites for hydroxylation is 3. The van der Waals surface area contributed by atoms with Gasteiger partial charge >= 0.3 is 0 Å². The van der Waals surface area contributed by atoms with Gasteiger partial charge in [0, 0.05) is 24.6 Å². The number of nitrogens with zero attached hydrogens (tertiary/aromatic N) is 2. The van der Waals surface area contributed by atoms with E-state index in [1.54, 1.807) is 0 Å². The Balaban J connectivity index is 2.74. The first-order valence-electron chi connectivity index (χ1n) is 8.50. The number of H-pyrrole nitrogens is 1. The molecule has 0 amide bonds. The van der Waals surface area contributed by atoms with Crippen LogP contribution in [0.15, 0.2) is 16.9 Å². The summed E-state index contributed by atoms with van der Waals surface area (Å²) >= 11 is 0. The Kier molecular flexibility index (Phi) is 4.88. The lowest BCUT2D eigenvalue weighted by molar-refractivity contribution is 0.596. The number of anilines is 1. The standard InChI is InChI=1S/C20H29N3O/c1-9-23(8)19-21-17(15(5)18(24)22-19)20(6,7)16-13(3)10-12(2)11-14(16)4/h10-11H,9H2,1-8H3,(H,21,22,24). The van der Waals surface area contributed by atoms with Crippen molar-refractivity contribution < 1.29 is 0 Å². The normalized spacial score (nSPS) is 11.7. The van der Waals surface area contributed by atoms with Gasteiger partial charge in [-0.25, -0.2) is 4.98 Å². The average molecular weight is 327 g/mol. The van der Waals surface area contributed by atoms with E-state index in [9.17, 15) is 4.79 Å². The van der Waals surface area contributed by atoms with Gasteiger partial charge in [0.2, 0.25) is 5.95 Å². The number of hydrogen-bond donors (Lipinski definition) is 1. The minimum atomic E-state index is -0.344. The van der Waals surface area contributed by atoms with Crippen molar-refractivity contribution in [3.05, 3.63) is 56.0 Å². The fraction of sp³-hybridized carbons (Fsp3) is 0.500. The molecule has 0 unspecified atom stereocenters. The molecule has 0 aliphatic rings. The summed E-state index contributed by atoms with van der Waals surface area (Å²) in [5.74, 6) is 0.624. The Labute approximate surface area is 144 Å². The topological polar surface area (TPSA) is 49.0 Å². The molecule has 0 bridgehead atoms. The monoisotopic (exact) mass is 327 g/mol. The Morgan fingerprint density at radius 3 is 2.17 bits per heavy atom. The fourth-order valence-electron chi connectivity index (χ4n) is 3.74. The summed E-state index contributed by atoms with van der Waals surface area (Å²) in [6.07, 6.45) is 0. The zero-order valence-corrected chi connectivity index (χ0v) is 16.2. The molecule has 0 aliphatic heterocycles. The smallest absolute Gasteiger partial charge is 0.255 e. The predicted octanol–water partition coefficient (Wildman–Crippen LogP) is 3.79. The molecule has 0 fully saturated rings. The van der Waals surface area contributed by atoms with E-state index in [-0.39, 0.29) is 11.0 Å². The van der Waals surface area contributed by atoms with Gasteiger partial charge in [-0.15, -0.1) is 0 Å². The molecule has 130 valence electrons. The summed E-state index contributed by atoms with van der Waals surface area (Å²) in [5, 5.41) is 0. The Morgan fingerprint density at radius 1 is 1.12 bits per heavy atom. The van der Waals surface area contributed by atoms with Crippen LogP contribution in [0.1, 0.15) is 54.3 Å². The number of rotatable bonds is 4. The van der Waals surface area contributed by atoms with E-state index in [2.05, 4.69) is 51.7 Å². The minimum absolute atomic E-state index is 0.0641. The van der Waals surface area contributed by atoms with Crippen LogP contribution in [0.2, 0.25) is 0 Å². The predicted molar refractivity (Wildman–Crippen MR) is 101 cm³/mol. The van der Waals surface area contributed by atoms with E-state index in [1.165, 1.54) is 22.3 Å². The first kappa shape index (κ1) is 18.2. The molecule has 0 saturated carbocycles. The van der Waals surface area contributed by atoms with Gasteiger partial charge in [-0.05, 0) is 51.3 Å². The van der Waals surface area contributed by atoms with Crippen LogP contribution in [0.5, 0.6) is 0 Å². The van der Waals surface area contributed by atoms with E-state index in [0.29, 0.717) is 11.5 Å². The van der Waals surface area contributed by atoms with E-state index >= 15 is 0 Å². The Bertz CT molecular complexity index is 795. The van der Waals surface area contributed by atoms with E-state index in [1.807, 2.05) is 25.8 Å². The fourth-order valence-corrected chi connectivity index (χ4v) is 3.74. The lowest BCUT2D eigenvalue weighted by atomic mass is 9.75. The summed E-state index contributed by atoms with van der Waals surface area (Å²) in [6.45, 7) is 15.4. The molecule has 4 nitrogen and oxygen atoms in total. The molecule has 2 aromatic rings. The maximum absolute atomic E-state index is 12.5. The molecule has 1 aromatic carbocycles. The third-order valence-electron chi connectivity index (χ3n) is 4.87. The van der Waals surface area contributed by atoms with Crippen molar-refractivity contribution in [3.8, 4) is 0 Å². The van der Waals surface area contributed by atoms with Crippen LogP contribution in [0.3, 0.4) is 0 Å². The van der Waals surface area contributed by atoms with Gasteiger partial charge in [0.15, 0.2) is 0 Å². The first-order chi connectivity index (χ1) is 11.1. The van der Waals surface area contributed by atoms with Crippen LogP contribution < -0.4 is 10.5 Å². The van der Waals surface area contributed by atoms with Gasteiger partial charge in [0.1, 0.15) is 0 Å². The van der Waals surface area contributed by atoms with Gasteiger partial charge in [-0.2, -0.15) is 0 Å². The zero-order valence-electron chi connectivity index (χ0n) is 16.2. The number of nitrogens with one attached hydrogen (secondary N) is 1. The quantitative estimate of drug-likeness (QED) is 0.929. The van der Waals surface area contributed by atoms with Crippen molar-refractivity contribution in [3.63, 3.8) is 0 Å². The molecular formula is C20H29N3O. The van der Waals surface area contributed by atoms with Crippen LogP contribution in [-0.2, 0) is 5.41 Å². The summed E-state index contributed by atoms with van der Waals surface area (Å²) in [6, 6.07) is 4.40. The molecule has 24 heavy (non-hydrogen) atoms. The van der Waals surface area contributed by atoms with Crippen LogP contribution in [0.25, 0.3) is 0 Å². The SMILES string of the molecule is CCN(C)c1nc(C(C)(C)c2c(C)cc(C)cc2C)c(C)c(=O)[nH]1. The number of aromatic amines is 1. The van der Waals surface area contributed by atoms with Crippen molar-refractivity contribution in [2.45, 2.75) is 53.9 Å². The minimum Gasteiger partial charge on any atom is -0.346 e. The second-order valence-electron chi connectivity index (χ2n) is 7.28. The highest BCUT2D eigenvalue weighted by Gasteiger charge is 2.31. The Morgan fingerprint density at radius 2 is 1.67 bits per heavy atom. The van der Waals surface area contributed by atoms with E-state index in [4.69, 9.17) is 4.98 Å². The second-order valence-corrected chi connectivity index (χ2v) is 7.28. The van der Waals surface area contributed by atoms with Crippen molar-refractivity contribution >= 4 is 5.95 Å². The average Bonchev–Trinajstić information content (AvgIpc) is 2.47. The molecule has 1 aromatic heterocycles. The largest absolute Gasteiger partial charge is 0.346 e. The zero-order chi connectivity index (χ0) is 18.2. The van der Waals surface area contributed by atoms with E-state index in [0.717, 1.165) is 12.2 Å². The van der Waals surface area contributed by atoms with Gasteiger partial charge in [0.25, 0.3) is 5.56 Å². The molecular weight excluding hydrogens is 298 g/mol. The second kappa shape index (κ2) is 6.42. The lowest BCUT2D eigenvalue weighted by Crippen LogP contribution is -2.31. The summed E-state index contributed by atoms with van der Waals surface area (Å²) in [4.78, 5) is 22.1. The molecule has 0 radical (unpaired) electrons. The van der Waals surface area contributed by atoms with Gasteiger partial charge in [-0.3, -0.25) is 9.78 Å². The molecule has 4 heteroatoms. The highest BCUT2D eigenvalue weighted by molar-refractivity contribution is 5.48. The molecule has 0 spiro atoms. The van der Waals surface area contributed by atoms with Crippen molar-refractivity contribution in [2.75, 3.05) is 18.5 Å². The summed E-state index contributed by atoms with van der Waals surface area (Å²) < 4.78 is 0. The Hall–Kier alpha value is -2.10. The van der Waals surface area contributed by atoms with Gasteiger partial charge < -0.3 is 4.90 Å². The third-order valence-corrected chi connectivity index (χ3v) is 4.87. The molecule has 2 rings (SSSR count). The third kappa shape index (κ3) is 3.10. The lowest BCUT2D eigenvalue weighted by Gasteiger charge is -2.31. The van der Waals surface area contributed by atoms with Crippen molar-refractivity contribution in [2.24, 2.45) is 0 Å². The van der Waals surface area contributed by atoms with Gasteiger partial charge in [0.05, 0.1) is 5.69 Å². The van der Waals surface area contributed by atoms with E-state index < -0.39 is 0 Å². The number of aromatic nitrogens is 2. The van der Waals surface area contributed by atoms with Crippen LogP contribution in [0, 0.1) is 27.7 Å². The highest BCUT2D eigenvalue weighted by Crippen LogP contribution is 2.36. The molecule has 0 aliphatic carbocycles.